The average molecular weight is 409 g/mol. The summed E-state index contributed by atoms with van der Waals surface area (Å²) in [6.45, 7) is 0. The highest BCUT2D eigenvalue weighted by atomic mass is 35.5. The summed E-state index contributed by atoms with van der Waals surface area (Å²) >= 11 is 6.06. The zero-order chi connectivity index (χ0) is 20.5. The highest BCUT2D eigenvalue weighted by Gasteiger charge is 2.12. The van der Waals surface area contributed by atoms with Crippen molar-refractivity contribution in [3.63, 3.8) is 0 Å². The topological polar surface area (TPSA) is 45.8 Å². The number of benzene rings is 3. The lowest BCUT2D eigenvalue weighted by molar-refractivity contribution is 1.29. The van der Waals surface area contributed by atoms with Crippen LogP contribution in [0.3, 0.4) is 0 Å². The van der Waals surface area contributed by atoms with Crippen LogP contribution >= 0.6 is 11.6 Å². The van der Waals surface area contributed by atoms with Gasteiger partial charge in [0.1, 0.15) is 0 Å². The van der Waals surface area contributed by atoms with E-state index >= 15 is 0 Å². The summed E-state index contributed by atoms with van der Waals surface area (Å²) in [5.41, 5.74) is 5.66. The molecule has 1 N–H and O–H groups in total. The minimum atomic E-state index is -0.124. The molecule has 0 amide bonds. The Hall–Kier alpha value is -3.69. The van der Waals surface area contributed by atoms with Gasteiger partial charge in [0.15, 0.2) is 0 Å². The van der Waals surface area contributed by atoms with Crippen molar-refractivity contribution in [3.05, 3.63) is 112 Å². The molecule has 4 heteroatoms. The Kier molecular flexibility index (Phi) is 4.66. The summed E-state index contributed by atoms with van der Waals surface area (Å²) in [5, 5.41) is 1.65. The van der Waals surface area contributed by atoms with Gasteiger partial charge in [-0.15, -0.1) is 0 Å². The summed E-state index contributed by atoms with van der Waals surface area (Å²) in [6, 6.07) is 31.2. The zero-order valence-corrected chi connectivity index (χ0v) is 16.7. The van der Waals surface area contributed by atoms with Crippen LogP contribution in [0.1, 0.15) is 0 Å². The molecule has 0 saturated heterocycles. The van der Waals surface area contributed by atoms with Crippen LogP contribution in [0.15, 0.2) is 102 Å². The molecule has 30 heavy (non-hydrogen) atoms. The van der Waals surface area contributed by atoms with E-state index in [1.807, 2.05) is 97.1 Å². The predicted molar refractivity (Wildman–Crippen MR) is 124 cm³/mol. The number of rotatable bonds is 3. The highest BCUT2D eigenvalue weighted by Crippen LogP contribution is 2.30. The molecular formula is C26H17ClN2O. The quantitative estimate of drug-likeness (QED) is 0.366. The van der Waals surface area contributed by atoms with Gasteiger partial charge < -0.3 is 4.98 Å². The first-order valence-corrected chi connectivity index (χ1v) is 10.0. The van der Waals surface area contributed by atoms with Crippen molar-refractivity contribution in [3.8, 4) is 33.6 Å². The summed E-state index contributed by atoms with van der Waals surface area (Å²) in [7, 11) is 0. The molecule has 0 atom stereocenters. The third kappa shape index (κ3) is 3.51. The Bertz CT molecular complexity index is 1410. The zero-order valence-electron chi connectivity index (χ0n) is 16.0. The van der Waals surface area contributed by atoms with E-state index in [1.165, 1.54) is 0 Å². The maximum atomic E-state index is 12.9. The van der Waals surface area contributed by atoms with Crippen LogP contribution in [-0.2, 0) is 0 Å². The van der Waals surface area contributed by atoms with Crippen LogP contribution in [0.2, 0.25) is 5.02 Å². The largest absolute Gasteiger partial charge is 0.321 e. The number of pyridine rings is 2. The van der Waals surface area contributed by atoms with Crippen molar-refractivity contribution in [2.45, 2.75) is 0 Å². The Labute approximate surface area is 178 Å². The molecule has 0 spiro atoms. The third-order valence-electron chi connectivity index (χ3n) is 5.10. The number of fused-ring (bicyclic) bond motifs is 1. The molecule has 0 unspecified atom stereocenters. The number of hydrogen-bond acceptors (Lipinski definition) is 2. The van der Waals surface area contributed by atoms with Gasteiger partial charge in [-0.1, -0.05) is 72.3 Å². The molecule has 0 fully saturated rings. The van der Waals surface area contributed by atoms with Gasteiger partial charge in [-0.05, 0) is 47.3 Å². The van der Waals surface area contributed by atoms with Crippen LogP contribution in [0, 0.1) is 0 Å². The smallest absolute Gasteiger partial charge is 0.256 e. The fourth-order valence-corrected chi connectivity index (χ4v) is 3.70. The van der Waals surface area contributed by atoms with Gasteiger partial charge in [-0.3, -0.25) is 4.79 Å². The monoisotopic (exact) mass is 408 g/mol. The van der Waals surface area contributed by atoms with Crippen molar-refractivity contribution in [2.75, 3.05) is 0 Å². The van der Waals surface area contributed by atoms with Crippen LogP contribution in [0.25, 0.3) is 44.5 Å². The molecule has 144 valence electrons. The molecule has 3 nitrogen and oxygen atoms in total. The first-order valence-electron chi connectivity index (χ1n) is 9.63. The molecule has 0 bridgehead atoms. The van der Waals surface area contributed by atoms with Crippen molar-refractivity contribution >= 4 is 22.5 Å². The fourth-order valence-electron chi connectivity index (χ4n) is 3.57. The number of aromatic nitrogens is 2. The van der Waals surface area contributed by atoms with E-state index in [-0.39, 0.29) is 5.56 Å². The number of para-hydroxylation sites is 1. The first kappa shape index (κ1) is 18.3. The minimum Gasteiger partial charge on any atom is -0.321 e. The second kappa shape index (κ2) is 7.62. The van der Waals surface area contributed by atoms with Crippen LogP contribution in [-0.4, -0.2) is 9.97 Å². The van der Waals surface area contributed by atoms with Crippen LogP contribution < -0.4 is 5.56 Å². The lowest BCUT2D eigenvalue weighted by atomic mass is 10.00. The van der Waals surface area contributed by atoms with E-state index in [2.05, 4.69) is 4.98 Å². The van der Waals surface area contributed by atoms with Gasteiger partial charge in [-0.25, -0.2) is 4.98 Å². The number of aromatic amines is 1. The number of nitrogens with one attached hydrogen (secondary N) is 1. The fraction of sp³-hybridized carbons (Fsp3) is 0. The van der Waals surface area contributed by atoms with Gasteiger partial charge in [0.2, 0.25) is 0 Å². The van der Waals surface area contributed by atoms with E-state index in [1.54, 1.807) is 0 Å². The Morgan fingerprint density at radius 1 is 0.667 bits per heavy atom. The number of H-pyrrole nitrogens is 1. The molecule has 3 aromatic carbocycles. The number of nitrogens with zero attached hydrogens (tertiary/aromatic N) is 1. The molecule has 0 aliphatic rings. The van der Waals surface area contributed by atoms with E-state index in [4.69, 9.17) is 16.6 Å². The van der Waals surface area contributed by atoms with E-state index in [0.717, 1.165) is 39.0 Å². The van der Waals surface area contributed by atoms with Crippen molar-refractivity contribution in [1.29, 1.82) is 0 Å². The molecule has 0 aliphatic carbocycles. The van der Waals surface area contributed by atoms with Crippen molar-refractivity contribution < 1.29 is 0 Å². The van der Waals surface area contributed by atoms with Crippen LogP contribution in [0.5, 0.6) is 0 Å². The van der Waals surface area contributed by atoms with Gasteiger partial charge in [-0.2, -0.15) is 0 Å². The summed E-state index contributed by atoms with van der Waals surface area (Å²) in [4.78, 5) is 20.7. The Balaban J connectivity index is 1.75. The predicted octanol–water partition coefficient (Wildman–Crippen LogP) is 6.58. The molecular weight excluding hydrogens is 392 g/mol. The number of halogens is 1. The second-order valence-electron chi connectivity index (χ2n) is 7.10. The first-order chi connectivity index (χ1) is 14.7. The van der Waals surface area contributed by atoms with E-state index < -0.39 is 0 Å². The maximum absolute atomic E-state index is 12.9. The standard InChI is InChI=1S/C26H17ClN2O/c27-21-12-10-18(11-13-21)25-16-20(15-24(28-25)17-6-2-1-3-7-17)22-14-19-8-4-5-9-23(19)29-26(22)30/h1-16H,(H,29,30). The Morgan fingerprint density at radius 3 is 2.03 bits per heavy atom. The maximum Gasteiger partial charge on any atom is 0.256 e. The lowest BCUT2D eigenvalue weighted by Crippen LogP contribution is -2.09. The van der Waals surface area contributed by atoms with Gasteiger partial charge in [0.05, 0.1) is 11.4 Å². The third-order valence-corrected chi connectivity index (χ3v) is 5.35. The summed E-state index contributed by atoms with van der Waals surface area (Å²) in [6.07, 6.45) is 0. The molecule has 0 aliphatic heterocycles. The lowest BCUT2D eigenvalue weighted by Gasteiger charge is -2.10. The minimum absolute atomic E-state index is 0.124. The SMILES string of the molecule is O=c1[nH]c2ccccc2cc1-c1cc(-c2ccccc2)nc(-c2ccc(Cl)cc2)c1. The van der Waals surface area contributed by atoms with Crippen LogP contribution in [0.4, 0.5) is 0 Å². The number of hydrogen-bond donors (Lipinski definition) is 1. The summed E-state index contributed by atoms with van der Waals surface area (Å²) < 4.78 is 0. The van der Waals surface area contributed by atoms with Gasteiger partial charge in [0, 0.05) is 27.2 Å². The van der Waals surface area contributed by atoms with E-state index in [0.29, 0.717) is 10.6 Å². The molecule has 0 saturated carbocycles. The average Bonchev–Trinajstić information content (AvgIpc) is 2.79. The molecule has 5 aromatic rings. The highest BCUT2D eigenvalue weighted by molar-refractivity contribution is 6.30. The molecule has 2 heterocycles. The van der Waals surface area contributed by atoms with Gasteiger partial charge >= 0.3 is 0 Å². The molecule has 5 rings (SSSR count). The van der Waals surface area contributed by atoms with E-state index in [9.17, 15) is 4.79 Å². The van der Waals surface area contributed by atoms with Gasteiger partial charge in [0.25, 0.3) is 5.56 Å². The molecule has 0 radical (unpaired) electrons. The van der Waals surface area contributed by atoms with Crippen molar-refractivity contribution in [2.24, 2.45) is 0 Å². The van der Waals surface area contributed by atoms with Crippen molar-refractivity contribution in [1.82, 2.24) is 9.97 Å². The second-order valence-corrected chi connectivity index (χ2v) is 7.54. The Morgan fingerprint density at radius 2 is 1.30 bits per heavy atom. The summed E-state index contributed by atoms with van der Waals surface area (Å²) in [5.74, 6) is 0. The normalized spacial score (nSPS) is 11.0. The molecule has 2 aromatic heterocycles.